The molecular formula is C16H16FNO3. The summed E-state index contributed by atoms with van der Waals surface area (Å²) in [5, 5.41) is 0. The van der Waals surface area contributed by atoms with E-state index in [1.165, 1.54) is 12.1 Å². The number of para-hydroxylation sites is 2. The Morgan fingerprint density at radius 3 is 2.71 bits per heavy atom. The highest BCUT2D eigenvalue weighted by Gasteiger charge is 2.08. The highest BCUT2D eigenvalue weighted by Crippen LogP contribution is 2.19. The molecule has 2 rings (SSSR count). The van der Waals surface area contributed by atoms with Crippen molar-refractivity contribution in [1.82, 2.24) is 0 Å². The quantitative estimate of drug-likeness (QED) is 0.679. The minimum atomic E-state index is -0.512. The Balaban J connectivity index is 1.84. The van der Waals surface area contributed by atoms with E-state index in [1.54, 1.807) is 37.3 Å². The van der Waals surface area contributed by atoms with Gasteiger partial charge in [-0.15, -0.1) is 0 Å². The number of nitrogen functional groups attached to an aromatic ring is 1. The number of hydrogen-bond acceptors (Lipinski definition) is 4. The molecule has 0 bridgehead atoms. The highest BCUT2D eigenvalue weighted by atomic mass is 19.1. The minimum Gasteiger partial charge on any atom is -0.480 e. The van der Waals surface area contributed by atoms with Gasteiger partial charge in [0.25, 0.3) is 0 Å². The van der Waals surface area contributed by atoms with Gasteiger partial charge in [-0.05, 0) is 42.3 Å². The summed E-state index contributed by atoms with van der Waals surface area (Å²) in [5.74, 6) is -0.389. The third-order valence-corrected chi connectivity index (χ3v) is 2.96. The van der Waals surface area contributed by atoms with E-state index in [0.29, 0.717) is 11.4 Å². The first-order chi connectivity index (χ1) is 10.1. The second-order valence-corrected chi connectivity index (χ2v) is 4.56. The number of nitrogens with two attached hydrogens (primary N) is 1. The second kappa shape index (κ2) is 6.74. The lowest BCUT2D eigenvalue weighted by atomic mass is 10.1. The third-order valence-electron chi connectivity index (χ3n) is 2.96. The summed E-state index contributed by atoms with van der Waals surface area (Å²) >= 11 is 0. The molecule has 21 heavy (non-hydrogen) atoms. The van der Waals surface area contributed by atoms with Gasteiger partial charge in [0, 0.05) is 0 Å². The van der Waals surface area contributed by atoms with Gasteiger partial charge in [0.1, 0.15) is 18.2 Å². The number of anilines is 1. The van der Waals surface area contributed by atoms with Crippen LogP contribution in [0.2, 0.25) is 0 Å². The van der Waals surface area contributed by atoms with Crippen molar-refractivity contribution in [3.05, 3.63) is 59.4 Å². The van der Waals surface area contributed by atoms with E-state index in [1.807, 2.05) is 0 Å². The number of ether oxygens (including phenoxy) is 2. The van der Waals surface area contributed by atoms with E-state index < -0.39 is 5.97 Å². The molecule has 0 saturated carbocycles. The lowest BCUT2D eigenvalue weighted by Crippen LogP contribution is -2.15. The normalized spacial score (nSPS) is 10.2. The van der Waals surface area contributed by atoms with Crippen molar-refractivity contribution in [2.24, 2.45) is 0 Å². The van der Waals surface area contributed by atoms with Gasteiger partial charge in [0.15, 0.2) is 6.61 Å². The summed E-state index contributed by atoms with van der Waals surface area (Å²) in [4.78, 5) is 11.6. The SMILES string of the molecule is Cc1cc(F)ccc1COC(=O)COc1ccccc1N. The summed E-state index contributed by atoms with van der Waals surface area (Å²) in [6.07, 6.45) is 0. The van der Waals surface area contributed by atoms with Gasteiger partial charge in [-0.25, -0.2) is 9.18 Å². The van der Waals surface area contributed by atoms with Gasteiger partial charge < -0.3 is 15.2 Å². The summed E-state index contributed by atoms with van der Waals surface area (Å²) in [5.41, 5.74) is 7.64. The Morgan fingerprint density at radius 2 is 2.00 bits per heavy atom. The summed E-state index contributed by atoms with van der Waals surface area (Å²) in [7, 11) is 0. The zero-order valence-electron chi connectivity index (χ0n) is 11.6. The molecule has 0 heterocycles. The Morgan fingerprint density at radius 1 is 1.24 bits per heavy atom. The first kappa shape index (κ1) is 14.8. The molecule has 0 atom stereocenters. The molecule has 0 aromatic heterocycles. The van der Waals surface area contributed by atoms with E-state index in [4.69, 9.17) is 15.2 Å². The third kappa shape index (κ3) is 4.21. The molecule has 2 N–H and O–H groups in total. The number of hydrogen-bond donors (Lipinski definition) is 1. The summed E-state index contributed by atoms with van der Waals surface area (Å²) < 4.78 is 23.3. The molecule has 0 spiro atoms. The number of halogens is 1. The van der Waals surface area contributed by atoms with Crippen LogP contribution in [0.25, 0.3) is 0 Å². The molecule has 2 aromatic rings. The lowest BCUT2D eigenvalue weighted by Gasteiger charge is -2.10. The predicted octanol–water partition coefficient (Wildman–Crippen LogP) is 2.84. The average molecular weight is 289 g/mol. The van der Waals surface area contributed by atoms with Crippen LogP contribution in [0.5, 0.6) is 5.75 Å². The fourth-order valence-electron chi connectivity index (χ4n) is 1.77. The van der Waals surface area contributed by atoms with Gasteiger partial charge in [-0.1, -0.05) is 18.2 Å². The molecule has 2 aromatic carbocycles. The van der Waals surface area contributed by atoms with Crippen LogP contribution in [0.1, 0.15) is 11.1 Å². The molecule has 0 unspecified atom stereocenters. The van der Waals surface area contributed by atoms with Crippen LogP contribution in [0.15, 0.2) is 42.5 Å². The maximum atomic E-state index is 13.0. The van der Waals surface area contributed by atoms with Crippen LogP contribution in [-0.4, -0.2) is 12.6 Å². The molecule has 4 nitrogen and oxygen atoms in total. The van der Waals surface area contributed by atoms with Crippen LogP contribution in [0.4, 0.5) is 10.1 Å². The van der Waals surface area contributed by atoms with E-state index in [-0.39, 0.29) is 19.0 Å². The fraction of sp³-hybridized carbons (Fsp3) is 0.188. The second-order valence-electron chi connectivity index (χ2n) is 4.56. The predicted molar refractivity (Wildman–Crippen MR) is 77.3 cm³/mol. The Hall–Kier alpha value is -2.56. The molecular weight excluding hydrogens is 273 g/mol. The molecule has 0 radical (unpaired) electrons. The number of carbonyl (C=O) groups is 1. The van der Waals surface area contributed by atoms with Gasteiger partial charge in [-0.3, -0.25) is 0 Å². The van der Waals surface area contributed by atoms with Crippen molar-refractivity contribution >= 4 is 11.7 Å². The van der Waals surface area contributed by atoms with Crippen molar-refractivity contribution in [1.29, 1.82) is 0 Å². The minimum absolute atomic E-state index is 0.0819. The topological polar surface area (TPSA) is 61.5 Å². The van der Waals surface area contributed by atoms with Crippen LogP contribution in [0, 0.1) is 12.7 Å². The molecule has 0 fully saturated rings. The Kier molecular flexibility index (Phi) is 4.77. The lowest BCUT2D eigenvalue weighted by molar-refractivity contribution is -0.147. The molecule has 5 heteroatoms. The number of rotatable bonds is 5. The molecule has 0 aliphatic rings. The van der Waals surface area contributed by atoms with Crippen LogP contribution in [-0.2, 0) is 16.1 Å². The van der Waals surface area contributed by atoms with Crippen molar-refractivity contribution in [2.75, 3.05) is 12.3 Å². The smallest absolute Gasteiger partial charge is 0.344 e. The van der Waals surface area contributed by atoms with Crippen LogP contribution >= 0.6 is 0 Å². The summed E-state index contributed by atoms with van der Waals surface area (Å²) in [6.45, 7) is 1.61. The van der Waals surface area contributed by atoms with E-state index in [0.717, 1.165) is 11.1 Å². The molecule has 0 amide bonds. The van der Waals surface area contributed by atoms with Gasteiger partial charge in [0.2, 0.25) is 0 Å². The number of esters is 1. The summed E-state index contributed by atoms with van der Waals surface area (Å²) in [6, 6.07) is 11.2. The van der Waals surface area contributed by atoms with Crippen LogP contribution in [0.3, 0.4) is 0 Å². The van der Waals surface area contributed by atoms with Crippen molar-refractivity contribution in [3.8, 4) is 5.75 Å². The maximum absolute atomic E-state index is 13.0. The monoisotopic (exact) mass is 289 g/mol. The van der Waals surface area contributed by atoms with Crippen LogP contribution < -0.4 is 10.5 Å². The fourth-order valence-corrected chi connectivity index (χ4v) is 1.77. The van der Waals surface area contributed by atoms with Gasteiger partial charge in [0.05, 0.1) is 5.69 Å². The average Bonchev–Trinajstić information content (AvgIpc) is 2.45. The maximum Gasteiger partial charge on any atom is 0.344 e. The number of aryl methyl sites for hydroxylation is 1. The zero-order valence-corrected chi connectivity index (χ0v) is 11.6. The van der Waals surface area contributed by atoms with Crippen molar-refractivity contribution < 1.29 is 18.7 Å². The van der Waals surface area contributed by atoms with Gasteiger partial charge >= 0.3 is 5.97 Å². The number of carbonyl (C=O) groups excluding carboxylic acids is 1. The Labute approximate surface area is 122 Å². The standard InChI is InChI=1S/C16H16FNO3/c1-11-8-13(17)7-6-12(11)9-21-16(19)10-20-15-5-3-2-4-14(15)18/h2-8H,9-10,18H2,1H3. The first-order valence-corrected chi connectivity index (χ1v) is 6.44. The molecule has 110 valence electrons. The van der Waals surface area contributed by atoms with Crippen molar-refractivity contribution in [3.63, 3.8) is 0 Å². The highest BCUT2D eigenvalue weighted by molar-refractivity contribution is 5.71. The molecule has 0 aliphatic heterocycles. The number of benzene rings is 2. The molecule has 0 saturated heterocycles. The first-order valence-electron chi connectivity index (χ1n) is 6.44. The zero-order chi connectivity index (χ0) is 15.2. The van der Waals surface area contributed by atoms with Crippen molar-refractivity contribution in [2.45, 2.75) is 13.5 Å². The van der Waals surface area contributed by atoms with E-state index >= 15 is 0 Å². The Bertz CT molecular complexity index is 643. The van der Waals surface area contributed by atoms with E-state index in [2.05, 4.69) is 0 Å². The van der Waals surface area contributed by atoms with E-state index in [9.17, 15) is 9.18 Å². The molecule has 0 aliphatic carbocycles. The largest absolute Gasteiger partial charge is 0.480 e. The van der Waals surface area contributed by atoms with Gasteiger partial charge in [-0.2, -0.15) is 0 Å².